The number of ether oxygens (including phenoxy) is 1. The largest absolute Gasteiger partial charge is 0.497 e. The molecule has 1 aromatic heterocycles. The van der Waals surface area contributed by atoms with E-state index in [1.165, 1.54) is 10.7 Å². The van der Waals surface area contributed by atoms with Gasteiger partial charge in [-0.3, -0.25) is 9.48 Å². The molecule has 112 valence electrons. The van der Waals surface area contributed by atoms with E-state index in [1.807, 2.05) is 0 Å². The number of nitrogens with zero attached hydrogens (tertiary/aromatic N) is 2. The van der Waals surface area contributed by atoms with Crippen LogP contribution < -0.4 is 10.1 Å². The first kappa shape index (κ1) is 15.0. The minimum absolute atomic E-state index is 0.120. The van der Waals surface area contributed by atoms with Crippen LogP contribution in [0.2, 0.25) is 0 Å². The number of carbonyl (C=O) groups is 1. The number of anilines is 1. The van der Waals surface area contributed by atoms with Crippen LogP contribution in [-0.4, -0.2) is 22.8 Å². The molecule has 0 aliphatic rings. The van der Waals surface area contributed by atoms with Gasteiger partial charge in [-0.25, -0.2) is 8.78 Å². The molecule has 0 fully saturated rings. The zero-order valence-electron chi connectivity index (χ0n) is 11.6. The van der Waals surface area contributed by atoms with Gasteiger partial charge >= 0.3 is 0 Å². The van der Waals surface area contributed by atoms with Crippen molar-refractivity contribution in [2.75, 3.05) is 12.4 Å². The summed E-state index contributed by atoms with van der Waals surface area (Å²) in [5.41, 5.74) is 0.777. The quantitative estimate of drug-likeness (QED) is 0.922. The molecule has 2 aromatic rings. The lowest BCUT2D eigenvalue weighted by Gasteiger charge is -2.07. The maximum Gasteiger partial charge on any atom is 0.282 e. The molecule has 0 radical (unpaired) electrons. The molecule has 0 atom stereocenters. The van der Waals surface area contributed by atoms with Crippen LogP contribution in [-0.2, 0) is 11.3 Å². The van der Waals surface area contributed by atoms with Crippen molar-refractivity contribution in [1.29, 1.82) is 0 Å². The first-order chi connectivity index (χ1) is 9.99. The van der Waals surface area contributed by atoms with E-state index in [2.05, 4.69) is 10.4 Å². The molecule has 0 spiro atoms. The maximum atomic E-state index is 12.5. The predicted molar refractivity (Wildman–Crippen MR) is 73.5 cm³/mol. The molecular formula is C14H15F2N3O2. The van der Waals surface area contributed by atoms with E-state index in [9.17, 15) is 13.6 Å². The van der Waals surface area contributed by atoms with Crippen LogP contribution in [0, 0.1) is 6.92 Å². The lowest BCUT2D eigenvalue weighted by atomic mass is 10.3. The van der Waals surface area contributed by atoms with Crippen LogP contribution in [0.4, 0.5) is 14.5 Å². The molecule has 5 nitrogen and oxygen atoms in total. The zero-order valence-corrected chi connectivity index (χ0v) is 11.6. The Balaban J connectivity index is 2.00. The van der Waals surface area contributed by atoms with Crippen LogP contribution in [0.15, 0.2) is 30.3 Å². The highest BCUT2D eigenvalue weighted by molar-refractivity contribution is 5.90. The van der Waals surface area contributed by atoms with Crippen LogP contribution >= 0.6 is 0 Å². The van der Waals surface area contributed by atoms with Gasteiger partial charge in [-0.1, -0.05) is 0 Å². The molecule has 21 heavy (non-hydrogen) atoms. The molecule has 1 aromatic carbocycles. The number of methoxy groups -OCH3 is 1. The lowest BCUT2D eigenvalue weighted by molar-refractivity contribution is -0.117. The number of aromatic nitrogens is 2. The third-order valence-electron chi connectivity index (χ3n) is 2.89. The summed E-state index contributed by atoms with van der Waals surface area (Å²) < 4.78 is 31.3. The number of alkyl halides is 2. The van der Waals surface area contributed by atoms with Crippen LogP contribution in [0.3, 0.4) is 0 Å². The van der Waals surface area contributed by atoms with Crippen molar-refractivity contribution in [1.82, 2.24) is 9.78 Å². The van der Waals surface area contributed by atoms with Crippen LogP contribution in [0.5, 0.6) is 5.75 Å². The lowest BCUT2D eigenvalue weighted by Crippen LogP contribution is -2.20. The Morgan fingerprint density at radius 3 is 2.57 bits per heavy atom. The van der Waals surface area contributed by atoms with Crippen molar-refractivity contribution in [2.24, 2.45) is 0 Å². The Hall–Kier alpha value is -2.44. The average Bonchev–Trinajstić information content (AvgIpc) is 2.81. The SMILES string of the molecule is COc1ccc(NC(=O)Cn2nc(C(F)F)cc2C)cc1. The van der Waals surface area contributed by atoms with Crippen molar-refractivity contribution in [3.05, 3.63) is 41.7 Å². The highest BCUT2D eigenvalue weighted by Crippen LogP contribution is 2.18. The topological polar surface area (TPSA) is 56.1 Å². The van der Waals surface area contributed by atoms with Crippen molar-refractivity contribution >= 4 is 11.6 Å². The van der Waals surface area contributed by atoms with Gasteiger partial charge in [0.05, 0.1) is 7.11 Å². The first-order valence-electron chi connectivity index (χ1n) is 6.26. The molecule has 1 N–H and O–H groups in total. The minimum atomic E-state index is -2.64. The van der Waals surface area contributed by atoms with Gasteiger partial charge in [0.15, 0.2) is 0 Å². The second-order valence-electron chi connectivity index (χ2n) is 4.45. The van der Waals surface area contributed by atoms with Gasteiger partial charge < -0.3 is 10.1 Å². The summed E-state index contributed by atoms with van der Waals surface area (Å²) >= 11 is 0. The smallest absolute Gasteiger partial charge is 0.282 e. The number of aryl methyl sites for hydroxylation is 1. The molecule has 0 unspecified atom stereocenters. The van der Waals surface area contributed by atoms with E-state index in [0.29, 0.717) is 17.1 Å². The Labute approximate surface area is 120 Å². The number of halogens is 2. The molecule has 0 aliphatic carbocycles. The number of rotatable bonds is 5. The number of benzene rings is 1. The fourth-order valence-corrected chi connectivity index (χ4v) is 1.81. The average molecular weight is 295 g/mol. The minimum Gasteiger partial charge on any atom is -0.497 e. The highest BCUT2D eigenvalue weighted by atomic mass is 19.3. The maximum absolute atomic E-state index is 12.5. The van der Waals surface area contributed by atoms with Crippen molar-refractivity contribution in [3.8, 4) is 5.75 Å². The summed E-state index contributed by atoms with van der Waals surface area (Å²) in [6.07, 6.45) is -2.64. The number of amides is 1. The summed E-state index contributed by atoms with van der Waals surface area (Å²) in [6, 6.07) is 8.08. The van der Waals surface area contributed by atoms with E-state index in [-0.39, 0.29) is 18.1 Å². The molecule has 7 heteroatoms. The van der Waals surface area contributed by atoms with Gasteiger partial charge in [0.1, 0.15) is 18.0 Å². The van der Waals surface area contributed by atoms with E-state index in [0.717, 1.165) is 0 Å². The first-order valence-corrected chi connectivity index (χ1v) is 6.26. The van der Waals surface area contributed by atoms with E-state index >= 15 is 0 Å². The van der Waals surface area contributed by atoms with Gasteiger partial charge in [0.2, 0.25) is 5.91 Å². The molecule has 0 bridgehead atoms. The second kappa shape index (κ2) is 6.34. The number of hydrogen-bond donors (Lipinski definition) is 1. The molecule has 1 amide bonds. The Morgan fingerprint density at radius 2 is 2.05 bits per heavy atom. The monoisotopic (exact) mass is 295 g/mol. The number of hydrogen-bond acceptors (Lipinski definition) is 3. The van der Waals surface area contributed by atoms with Gasteiger partial charge in [0.25, 0.3) is 6.43 Å². The van der Waals surface area contributed by atoms with Crippen LogP contribution in [0.1, 0.15) is 17.8 Å². The van der Waals surface area contributed by atoms with Crippen molar-refractivity contribution in [2.45, 2.75) is 19.9 Å². The summed E-state index contributed by atoms with van der Waals surface area (Å²) in [4.78, 5) is 11.9. The Morgan fingerprint density at radius 1 is 1.38 bits per heavy atom. The van der Waals surface area contributed by atoms with Crippen LogP contribution in [0.25, 0.3) is 0 Å². The Bertz CT molecular complexity index is 624. The van der Waals surface area contributed by atoms with Crippen molar-refractivity contribution in [3.63, 3.8) is 0 Å². The van der Waals surface area contributed by atoms with Gasteiger partial charge in [-0.05, 0) is 37.3 Å². The molecule has 0 aliphatic heterocycles. The fraction of sp³-hybridized carbons (Fsp3) is 0.286. The zero-order chi connectivity index (χ0) is 15.4. The van der Waals surface area contributed by atoms with Gasteiger partial charge in [-0.15, -0.1) is 0 Å². The summed E-state index contributed by atoms with van der Waals surface area (Å²) in [5.74, 6) is 0.338. The third kappa shape index (κ3) is 3.77. The molecular weight excluding hydrogens is 280 g/mol. The van der Waals surface area contributed by atoms with E-state index in [4.69, 9.17) is 4.74 Å². The Kier molecular flexibility index (Phi) is 4.52. The number of nitrogens with one attached hydrogen (secondary N) is 1. The molecule has 2 rings (SSSR count). The standard InChI is InChI=1S/C14H15F2N3O2/c1-9-7-12(14(15)16)18-19(9)8-13(20)17-10-3-5-11(21-2)6-4-10/h3-7,14H,8H2,1-2H3,(H,17,20). The molecule has 1 heterocycles. The summed E-state index contributed by atoms with van der Waals surface area (Å²) in [5, 5.41) is 6.37. The highest BCUT2D eigenvalue weighted by Gasteiger charge is 2.15. The molecule has 0 saturated heterocycles. The van der Waals surface area contributed by atoms with Gasteiger partial charge in [-0.2, -0.15) is 5.10 Å². The normalized spacial score (nSPS) is 10.7. The fourth-order valence-electron chi connectivity index (χ4n) is 1.81. The van der Waals surface area contributed by atoms with Gasteiger partial charge in [0, 0.05) is 11.4 Å². The van der Waals surface area contributed by atoms with E-state index < -0.39 is 6.43 Å². The van der Waals surface area contributed by atoms with Crippen molar-refractivity contribution < 1.29 is 18.3 Å². The second-order valence-corrected chi connectivity index (χ2v) is 4.45. The third-order valence-corrected chi connectivity index (χ3v) is 2.89. The van der Waals surface area contributed by atoms with E-state index in [1.54, 1.807) is 38.3 Å². The summed E-state index contributed by atoms with van der Waals surface area (Å²) in [7, 11) is 1.55. The predicted octanol–water partition coefficient (Wildman–Crippen LogP) is 2.78. The summed E-state index contributed by atoms with van der Waals surface area (Å²) in [6.45, 7) is 1.50. The molecule has 0 saturated carbocycles. The number of carbonyl (C=O) groups excluding carboxylic acids is 1.